The molecule has 0 radical (unpaired) electrons. The van der Waals surface area contributed by atoms with Crippen LogP contribution in [-0.2, 0) is 13.6 Å². The summed E-state index contributed by atoms with van der Waals surface area (Å²) in [7, 11) is 2.01. The molecule has 0 fully saturated rings. The number of carbonyl (C=O) groups excluding carboxylic acids is 1. The van der Waals surface area contributed by atoms with Crippen molar-refractivity contribution in [2.75, 3.05) is 0 Å². The van der Waals surface area contributed by atoms with Gasteiger partial charge in [-0.05, 0) is 35.9 Å². The molecule has 3 rings (SSSR count). The first-order valence-electron chi connectivity index (χ1n) is 7.04. The van der Waals surface area contributed by atoms with Gasteiger partial charge in [-0.15, -0.1) is 0 Å². The number of nitrogens with one attached hydrogen (secondary N) is 1. The molecule has 3 nitrogen and oxygen atoms in total. The molecule has 2 aromatic carbocycles. The standard InChI is InChI=1S/C18H18N2O/c1-13-10-11-15(20(13)2)12-19-18(21)17-9-5-7-14-6-3-4-8-16(14)17/h3-11H,12H2,1-2H3,(H,19,21). The molecule has 3 aromatic rings. The second-order valence-electron chi connectivity index (χ2n) is 5.23. The molecule has 1 N–H and O–H groups in total. The van der Waals surface area contributed by atoms with Gasteiger partial charge >= 0.3 is 0 Å². The maximum absolute atomic E-state index is 12.4. The number of hydrogen-bond donors (Lipinski definition) is 1. The van der Waals surface area contributed by atoms with E-state index in [9.17, 15) is 4.79 Å². The van der Waals surface area contributed by atoms with Gasteiger partial charge < -0.3 is 9.88 Å². The molecule has 0 aliphatic carbocycles. The van der Waals surface area contributed by atoms with Crippen molar-refractivity contribution in [2.24, 2.45) is 7.05 Å². The van der Waals surface area contributed by atoms with Crippen LogP contribution in [0.25, 0.3) is 10.8 Å². The number of rotatable bonds is 3. The molecule has 0 aliphatic heterocycles. The van der Waals surface area contributed by atoms with Crippen LogP contribution in [0.4, 0.5) is 0 Å². The number of fused-ring (bicyclic) bond motifs is 1. The van der Waals surface area contributed by atoms with Crippen molar-refractivity contribution >= 4 is 16.7 Å². The van der Waals surface area contributed by atoms with Gasteiger partial charge in [0, 0.05) is 24.0 Å². The number of hydrogen-bond acceptors (Lipinski definition) is 1. The lowest BCUT2D eigenvalue weighted by Crippen LogP contribution is -2.24. The number of amides is 1. The normalized spacial score (nSPS) is 10.8. The molecule has 0 aliphatic rings. The summed E-state index contributed by atoms with van der Waals surface area (Å²) in [5, 5.41) is 5.07. The fraction of sp³-hybridized carbons (Fsp3) is 0.167. The highest BCUT2D eigenvalue weighted by molar-refractivity contribution is 6.06. The summed E-state index contributed by atoms with van der Waals surface area (Å²) in [4.78, 5) is 12.4. The van der Waals surface area contributed by atoms with E-state index >= 15 is 0 Å². The Morgan fingerprint density at radius 1 is 1.05 bits per heavy atom. The minimum atomic E-state index is -0.0364. The van der Waals surface area contributed by atoms with E-state index < -0.39 is 0 Å². The Hall–Kier alpha value is -2.55. The number of benzene rings is 2. The van der Waals surface area contributed by atoms with Crippen molar-refractivity contribution < 1.29 is 4.79 Å². The maximum atomic E-state index is 12.4. The van der Waals surface area contributed by atoms with E-state index in [-0.39, 0.29) is 5.91 Å². The molecular formula is C18H18N2O. The summed E-state index contributed by atoms with van der Waals surface area (Å²) in [5.41, 5.74) is 3.00. The van der Waals surface area contributed by atoms with E-state index in [1.807, 2.05) is 55.6 Å². The summed E-state index contributed by atoms with van der Waals surface area (Å²) >= 11 is 0. The zero-order chi connectivity index (χ0) is 14.8. The van der Waals surface area contributed by atoms with Crippen LogP contribution in [0.1, 0.15) is 21.7 Å². The SMILES string of the molecule is Cc1ccc(CNC(=O)c2cccc3ccccc23)n1C. The number of aryl methyl sites for hydroxylation is 1. The fourth-order valence-corrected chi connectivity index (χ4v) is 2.53. The lowest BCUT2D eigenvalue weighted by Gasteiger charge is -2.09. The largest absolute Gasteiger partial charge is 0.350 e. The van der Waals surface area contributed by atoms with E-state index in [1.54, 1.807) is 0 Å². The Balaban J connectivity index is 1.83. The molecule has 1 heterocycles. The molecule has 3 heteroatoms. The summed E-state index contributed by atoms with van der Waals surface area (Å²) < 4.78 is 2.09. The van der Waals surface area contributed by atoms with Crippen LogP contribution in [0.5, 0.6) is 0 Å². The van der Waals surface area contributed by atoms with E-state index in [0.29, 0.717) is 6.54 Å². The summed E-state index contributed by atoms with van der Waals surface area (Å²) in [5.74, 6) is -0.0364. The second-order valence-corrected chi connectivity index (χ2v) is 5.23. The van der Waals surface area contributed by atoms with Crippen LogP contribution in [0.15, 0.2) is 54.6 Å². The first kappa shape index (κ1) is 13.4. The van der Waals surface area contributed by atoms with Gasteiger partial charge in [0.1, 0.15) is 0 Å². The van der Waals surface area contributed by atoms with Crippen molar-refractivity contribution in [3.63, 3.8) is 0 Å². The third-order valence-electron chi connectivity index (χ3n) is 3.94. The molecular weight excluding hydrogens is 260 g/mol. The van der Waals surface area contributed by atoms with Crippen molar-refractivity contribution in [1.82, 2.24) is 9.88 Å². The highest BCUT2D eigenvalue weighted by Gasteiger charge is 2.10. The van der Waals surface area contributed by atoms with Gasteiger partial charge in [0.25, 0.3) is 5.91 Å². The second kappa shape index (κ2) is 5.44. The summed E-state index contributed by atoms with van der Waals surface area (Å²) in [6.07, 6.45) is 0. The van der Waals surface area contributed by atoms with Gasteiger partial charge in [0.05, 0.1) is 6.54 Å². The molecule has 1 aromatic heterocycles. The first-order chi connectivity index (χ1) is 10.2. The molecule has 0 atom stereocenters. The van der Waals surface area contributed by atoms with Crippen LogP contribution in [0, 0.1) is 6.92 Å². The van der Waals surface area contributed by atoms with Gasteiger partial charge in [0.2, 0.25) is 0 Å². The first-order valence-corrected chi connectivity index (χ1v) is 7.04. The molecule has 106 valence electrons. The van der Waals surface area contributed by atoms with Gasteiger partial charge in [0.15, 0.2) is 0 Å². The highest BCUT2D eigenvalue weighted by Crippen LogP contribution is 2.18. The van der Waals surface area contributed by atoms with E-state index in [2.05, 4.69) is 22.9 Å². The summed E-state index contributed by atoms with van der Waals surface area (Å²) in [6.45, 7) is 2.59. The zero-order valence-electron chi connectivity index (χ0n) is 12.3. The van der Waals surface area contributed by atoms with Crippen molar-refractivity contribution in [2.45, 2.75) is 13.5 Å². The monoisotopic (exact) mass is 278 g/mol. The van der Waals surface area contributed by atoms with Crippen LogP contribution < -0.4 is 5.32 Å². The number of nitrogens with zero attached hydrogens (tertiary/aromatic N) is 1. The molecule has 0 unspecified atom stereocenters. The Morgan fingerprint density at radius 2 is 1.81 bits per heavy atom. The van der Waals surface area contributed by atoms with Crippen LogP contribution in [0.2, 0.25) is 0 Å². The Bertz CT molecular complexity index is 797. The topological polar surface area (TPSA) is 34.0 Å². The van der Waals surface area contributed by atoms with E-state index in [1.165, 1.54) is 5.69 Å². The Kier molecular flexibility index (Phi) is 3.48. The minimum Gasteiger partial charge on any atom is -0.350 e. The molecule has 0 spiro atoms. The Labute approximate surface area is 124 Å². The minimum absolute atomic E-state index is 0.0364. The van der Waals surface area contributed by atoms with Crippen molar-refractivity contribution in [1.29, 1.82) is 0 Å². The summed E-state index contributed by atoms with van der Waals surface area (Å²) in [6, 6.07) is 17.8. The number of aromatic nitrogens is 1. The molecule has 21 heavy (non-hydrogen) atoms. The van der Waals surface area contributed by atoms with Crippen LogP contribution >= 0.6 is 0 Å². The van der Waals surface area contributed by atoms with Gasteiger partial charge in [-0.2, -0.15) is 0 Å². The quantitative estimate of drug-likeness (QED) is 0.782. The smallest absolute Gasteiger partial charge is 0.252 e. The highest BCUT2D eigenvalue weighted by atomic mass is 16.1. The van der Waals surface area contributed by atoms with Crippen LogP contribution in [0.3, 0.4) is 0 Å². The van der Waals surface area contributed by atoms with Gasteiger partial charge in [-0.3, -0.25) is 4.79 Å². The van der Waals surface area contributed by atoms with Gasteiger partial charge in [-0.1, -0.05) is 36.4 Å². The lowest BCUT2D eigenvalue weighted by molar-refractivity contribution is 0.0952. The average Bonchev–Trinajstić information content (AvgIpc) is 2.84. The Morgan fingerprint density at radius 3 is 2.57 bits per heavy atom. The van der Waals surface area contributed by atoms with Crippen molar-refractivity contribution in [3.05, 3.63) is 71.5 Å². The maximum Gasteiger partial charge on any atom is 0.252 e. The third kappa shape index (κ3) is 2.55. The lowest BCUT2D eigenvalue weighted by atomic mass is 10.0. The third-order valence-corrected chi connectivity index (χ3v) is 3.94. The molecule has 1 amide bonds. The molecule has 0 saturated carbocycles. The molecule has 0 bridgehead atoms. The van der Waals surface area contributed by atoms with E-state index in [4.69, 9.17) is 0 Å². The fourth-order valence-electron chi connectivity index (χ4n) is 2.53. The van der Waals surface area contributed by atoms with Crippen LogP contribution in [-0.4, -0.2) is 10.5 Å². The molecule has 0 saturated heterocycles. The number of carbonyl (C=O) groups is 1. The predicted octanol–water partition coefficient (Wildman–Crippen LogP) is 3.42. The van der Waals surface area contributed by atoms with E-state index in [0.717, 1.165) is 22.0 Å². The predicted molar refractivity (Wildman–Crippen MR) is 85.3 cm³/mol. The van der Waals surface area contributed by atoms with Gasteiger partial charge in [-0.25, -0.2) is 0 Å². The average molecular weight is 278 g/mol. The van der Waals surface area contributed by atoms with Crippen molar-refractivity contribution in [3.8, 4) is 0 Å². The zero-order valence-corrected chi connectivity index (χ0v) is 12.3.